The summed E-state index contributed by atoms with van der Waals surface area (Å²) in [6, 6.07) is 3.46. The first-order valence-electron chi connectivity index (χ1n) is 5.23. The predicted molar refractivity (Wildman–Crippen MR) is 61.8 cm³/mol. The summed E-state index contributed by atoms with van der Waals surface area (Å²) < 4.78 is 23.7. The molecule has 3 nitrogen and oxygen atoms in total. The summed E-state index contributed by atoms with van der Waals surface area (Å²) in [5.41, 5.74) is 6.98. The number of hydrogen-bond donors (Lipinski definition) is 1. The van der Waals surface area contributed by atoms with Crippen molar-refractivity contribution in [3.05, 3.63) is 23.3 Å². The lowest BCUT2D eigenvalue weighted by Crippen LogP contribution is -2.07. The average Bonchev–Trinajstić information content (AvgIpc) is 2.28. The summed E-state index contributed by atoms with van der Waals surface area (Å²) in [7, 11) is 3.09. The summed E-state index contributed by atoms with van der Waals surface area (Å²) in [4.78, 5) is 0. The number of rotatable bonds is 5. The fourth-order valence-electron chi connectivity index (χ4n) is 1.68. The first-order chi connectivity index (χ1) is 7.63. The van der Waals surface area contributed by atoms with Crippen LogP contribution in [0.4, 0.5) is 4.39 Å². The standard InChI is InChI=1S/C12H18FNO2/c1-8(13)10-7-12(16-3)11(15-2)6-9(10)4-5-14/h6-8H,4-5,14H2,1-3H3. The van der Waals surface area contributed by atoms with Gasteiger partial charge in [-0.05, 0) is 43.1 Å². The van der Waals surface area contributed by atoms with Crippen LogP contribution in [0, 0.1) is 0 Å². The molecule has 1 aromatic carbocycles. The van der Waals surface area contributed by atoms with Crippen LogP contribution < -0.4 is 15.2 Å². The minimum absolute atomic E-state index is 0.481. The molecule has 0 bridgehead atoms. The van der Waals surface area contributed by atoms with E-state index in [1.54, 1.807) is 19.2 Å². The molecule has 0 aliphatic rings. The highest BCUT2D eigenvalue weighted by Crippen LogP contribution is 2.34. The fourth-order valence-corrected chi connectivity index (χ4v) is 1.68. The number of benzene rings is 1. The molecular formula is C12H18FNO2. The van der Waals surface area contributed by atoms with Crippen LogP contribution in [0.2, 0.25) is 0 Å². The van der Waals surface area contributed by atoms with E-state index in [9.17, 15) is 4.39 Å². The first kappa shape index (κ1) is 12.8. The van der Waals surface area contributed by atoms with E-state index >= 15 is 0 Å². The van der Waals surface area contributed by atoms with Crippen molar-refractivity contribution in [2.24, 2.45) is 5.73 Å². The van der Waals surface area contributed by atoms with Gasteiger partial charge < -0.3 is 15.2 Å². The second-order valence-corrected chi connectivity index (χ2v) is 3.56. The van der Waals surface area contributed by atoms with Gasteiger partial charge in [0.05, 0.1) is 14.2 Å². The van der Waals surface area contributed by atoms with Gasteiger partial charge in [0.25, 0.3) is 0 Å². The average molecular weight is 227 g/mol. The van der Waals surface area contributed by atoms with E-state index in [0.29, 0.717) is 30.0 Å². The van der Waals surface area contributed by atoms with E-state index in [1.165, 1.54) is 14.0 Å². The van der Waals surface area contributed by atoms with Gasteiger partial charge in [-0.3, -0.25) is 0 Å². The lowest BCUT2D eigenvalue weighted by atomic mass is 10.0. The monoisotopic (exact) mass is 227 g/mol. The van der Waals surface area contributed by atoms with Crippen LogP contribution >= 0.6 is 0 Å². The SMILES string of the molecule is COc1cc(CCN)c(C(C)F)cc1OC. The van der Waals surface area contributed by atoms with Crippen LogP contribution in [0.15, 0.2) is 12.1 Å². The number of ether oxygens (including phenoxy) is 2. The Bertz CT molecular complexity index is 353. The van der Waals surface area contributed by atoms with Crippen molar-refractivity contribution in [2.75, 3.05) is 20.8 Å². The van der Waals surface area contributed by atoms with Crippen molar-refractivity contribution in [2.45, 2.75) is 19.5 Å². The fraction of sp³-hybridized carbons (Fsp3) is 0.500. The van der Waals surface area contributed by atoms with Gasteiger partial charge in [-0.2, -0.15) is 0 Å². The maximum atomic E-state index is 13.4. The Morgan fingerprint density at radius 3 is 2.25 bits per heavy atom. The summed E-state index contributed by atoms with van der Waals surface area (Å²) in [5.74, 6) is 1.15. The molecule has 0 heterocycles. The number of alkyl halides is 1. The molecule has 1 aromatic rings. The molecule has 1 unspecified atom stereocenters. The van der Waals surface area contributed by atoms with E-state index in [4.69, 9.17) is 15.2 Å². The third-order valence-electron chi connectivity index (χ3n) is 2.49. The van der Waals surface area contributed by atoms with Crippen LogP contribution in [0.5, 0.6) is 11.5 Å². The molecule has 1 atom stereocenters. The van der Waals surface area contributed by atoms with Crippen LogP contribution in [0.1, 0.15) is 24.2 Å². The van der Waals surface area contributed by atoms with E-state index in [0.717, 1.165) is 5.56 Å². The molecule has 0 spiro atoms. The lowest BCUT2D eigenvalue weighted by molar-refractivity contribution is 0.345. The van der Waals surface area contributed by atoms with Gasteiger partial charge in [0, 0.05) is 0 Å². The number of nitrogens with two attached hydrogens (primary N) is 1. The molecule has 2 N–H and O–H groups in total. The van der Waals surface area contributed by atoms with Crippen LogP contribution in [-0.2, 0) is 6.42 Å². The largest absolute Gasteiger partial charge is 0.493 e. The Morgan fingerprint density at radius 1 is 1.25 bits per heavy atom. The summed E-state index contributed by atoms with van der Waals surface area (Å²) >= 11 is 0. The highest BCUT2D eigenvalue weighted by molar-refractivity contribution is 5.48. The quantitative estimate of drug-likeness (QED) is 0.839. The molecule has 4 heteroatoms. The number of halogens is 1. The van der Waals surface area contributed by atoms with E-state index in [1.807, 2.05) is 0 Å². The predicted octanol–water partition coefficient (Wildman–Crippen LogP) is 2.24. The molecule has 0 amide bonds. The van der Waals surface area contributed by atoms with Gasteiger partial charge in [-0.1, -0.05) is 0 Å². The van der Waals surface area contributed by atoms with E-state index < -0.39 is 6.17 Å². The van der Waals surface area contributed by atoms with Gasteiger partial charge in [-0.25, -0.2) is 4.39 Å². The van der Waals surface area contributed by atoms with Gasteiger partial charge >= 0.3 is 0 Å². The van der Waals surface area contributed by atoms with Crippen molar-refractivity contribution >= 4 is 0 Å². The molecule has 0 radical (unpaired) electrons. The topological polar surface area (TPSA) is 44.5 Å². The molecule has 90 valence electrons. The highest BCUT2D eigenvalue weighted by Gasteiger charge is 2.14. The third kappa shape index (κ3) is 2.64. The van der Waals surface area contributed by atoms with Crippen molar-refractivity contribution in [3.8, 4) is 11.5 Å². The van der Waals surface area contributed by atoms with Crippen molar-refractivity contribution in [1.82, 2.24) is 0 Å². The maximum Gasteiger partial charge on any atom is 0.161 e. The maximum absolute atomic E-state index is 13.4. The van der Waals surface area contributed by atoms with E-state index in [2.05, 4.69) is 0 Å². The Morgan fingerprint density at radius 2 is 1.81 bits per heavy atom. The molecule has 0 aromatic heterocycles. The Balaban J connectivity index is 3.23. The van der Waals surface area contributed by atoms with Gasteiger partial charge in [-0.15, -0.1) is 0 Å². The zero-order chi connectivity index (χ0) is 12.1. The molecule has 0 saturated carbocycles. The second kappa shape index (κ2) is 5.70. The van der Waals surface area contributed by atoms with Gasteiger partial charge in [0.15, 0.2) is 11.5 Å². The molecule has 0 saturated heterocycles. The normalized spacial score (nSPS) is 12.3. The van der Waals surface area contributed by atoms with Crippen LogP contribution in [-0.4, -0.2) is 20.8 Å². The summed E-state index contributed by atoms with van der Waals surface area (Å²) in [6.45, 7) is 1.98. The molecule has 0 aliphatic carbocycles. The lowest BCUT2D eigenvalue weighted by Gasteiger charge is -2.15. The van der Waals surface area contributed by atoms with Gasteiger partial charge in [0.2, 0.25) is 0 Å². The molecular weight excluding hydrogens is 209 g/mol. The molecule has 1 rings (SSSR count). The minimum atomic E-state index is -1.04. The zero-order valence-electron chi connectivity index (χ0n) is 9.92. The Labute approximate surface area is 95.4 Å². The van der Waals surface area contributed by atoms with Gasteiger partial charge in [0.1, 0.15) is 6.17 Å². The second-order valence-electron chi connectivity index (χ2n) is 3.56. The molecule has 16 heavy (non-hydrogen) atoms. The van der Waals surface area contributed by atoms with Crippen molar-refractivity contribution in [3.63, 3.8) is 0 Å². The minimum Gasteiger partial charge on any atom is -0.493 e. The number of methoxy groups -OCH3 is 2. The van der Waals surface area contributed by atoms with E-state index in [-0.39, 0.29) is 0 Å². The van der Waals surface area contributed by atoms with Crippen LogP contribution in [0.3, 0.4) is 0 Å². The zero-order valence-corrected chi connectivity index (χ0v) is 9.92. The summed E-state index contributed by atoms with van der Waals surface area (Å²) in [6.07, 6.45) is -0.411. The Kier molecular flexibility index (Phi) is 4.55. The highest BCUT2D eigenvalue weighted by atomic mass is 19.1. The van der Waals surface area contributed by atoms with Crippen LogP contribution in [0.25, 0.3) is 0 Å². The molecule has 0 fully saturated rings. The Hall–Kier alpha value is -1.29. The molecule has 0 aliphatic heterocycles. The summed E-state index contributed by atoms with van der Waals surface area (Å²) in [5, 5.41) is 0. The van der Waals surface area contributed by atoms with Crippen molar-refractivity contribution < 1.29 is 13.9 Å². The first-order valence-corrected chi connectivity index (χ1v) is 5.23. The number of hydrogen-bond acceptors (Lipinski definition) is 3. The third-order valence-corrected chi connectivity index (χ3v) is 2.49. The van der Waals surface area contributed by atoms with Crippen molar-refractivity contribution in [1.29, 1.82) is 0 Å². The smallest absolute Gasteiger partial charge is 0.161 e.